The molecule has 0 aliphatic carbocycles. The van der Waals surface area contributed by atoms with Gasteiger partial charge in [-0.2, -0.15) is 0 Å². The lowest BCUT2D eigenvalue weighted by atomic mass is 10.0. The first-order chi connectivity index (χ1) is 13.2. The molecule has 2 aromatic rings. The lowest BCUT2D eigenvalue weighted by molar-refractivity contribution is -0.126. The quantitative estimate of drug-likeness (QED) is 0.605. The maximum Gasteiger partial charge on any atom is 0.272 e. The molecule has 0 saturated carbocycles. The molecule has 0 bridgehead atoms. The highest BCUT2D eigenvalue weighted by Crippen LogP contribution is 2.38. The van der Waals surface area contributed by atoms with Crippen LogP contribution in [0, 0.1) is 0 Å². The van der Waals surface area contributed by atoms with Crippen LogP contribution in [0.25, 0.3) is 0 Å². The number of hydrogen-bond donors (Lipinski definition) is 0. The van der Waals surface area contributed by atoms with Crippen LogP contribution in [-0.4, -0.2) is 37.0 Å². The number of amides is 1. The summed E-state index contributed by atoms with van der Waals surface area (Å²) in [7, 11) is 0. The van der Waals surface area contributed by atoms with Crippen molar-refractivity contribution in [3.8, 4) is 5.75 Å². The molecule has 0 radical (unpaired) electrons. The fourth-order valence-electron chi connectivity index (χ4n) is 3.61. The summed E-state index contributed by atoms with van der Waals surface area (Å²) in [5, 5.41) is 0. The van der Waals surface area contributed by atoms with Crippen molar-refractivity contribution in [2.45, 2.75) is 39.2 Å². The lowest BCUT2D eigenvalue weighted by Crippen LogP contribution is -2.41. The van der Waals surface area contributed by atoms with E-state index >= 15 is 0 Å². The van der Waals surface area contributed by atoms with E-state index < -0.39 is 6.10 Å². The van der Waals surface area contributed by atoms with Crippen LogP contribution in [0.15, 0.2) is 54.6 Å². The van der Waals surface area contributed by atoms with Crippen LogP contribution in [0.3, 0.4) is 0 Å². The Bertz CT molecular complexity index is 728. The third-order valence-electron chi connectivity index (χ3n) is 5.24. The summed E-state index contributed by atoms with van der Waals surface area (Å²) in [4.78, 5) is 17.5. The SMILES string of the molecule is CCN(CC)CCCCCN1C(=O)C(c2ccccc2)Oc2ccccc21. The monoisotopic (exact) mass is 366 g/mol. The average Bonchev–Trinajstić information content (AvgIpc) is 2.72. The molecule has 4 nitrogen and oxygen atoms in total. The van der Waals surface area contributed by atoms with Gasteiger partial charge in [-0.1, -0.05) is 62.7 Å². The first-order valence-electron chi connectivity index (χ1n) is 10.1. The van der Waals surface area contributed by atoms with Gasteiger partial charge in [-0.3, -0.25) is 4.79 Å². The molecule has 144 valence electrons. The summed E-state index contributed by atoms with van der Waals surface area (Å²) >= 11 is 0. The minimum absolute atomic E-state index is 0.0312. The van der Waals surface area contributed by atoms with Crippen molar-refractivity contribution < 1.29 is 9.53 Å². The molecule has 1 unspecified atom stereocenters. The van der Waals surface area contributed by atoms with E-state index in [0.717, 1.165) is 56.0 Å². The first-order valence-corrected chi connectivity index (χ1v) is 10.1. The van der Waals surface area contributed by atoms with Gasteiger partial charge in [0, 0.05) is 12.1 Å². The van der Waals surface area contributed by atoms with Gasteiger partial charge in [-0.25, -0.2) is 0 Å². The van der Waals surface area contributed by atoms with E-state index in [2.05, 4.69) is 18.7 Å². The molecule has 0 N–H and O–H groups in total. The zero-order valence-corrected chi connectivity index (χ0v) is 16.4. The zero-order chi connectivity index (χ0) is 19.1. The number of rotatable bonds is 9. The second-order valence-corrected chi connectivity index (χ2v) is 6.95. The van der Waals surface area contributed by atoms with Gasteiger partial charge in [0.1, 0.15) is 5.75 Å². The third-order valence-corrected chi connectivity index (χ3v) is 5.24. The van der Waals surface area contributed by atoms with Crippen LogP contribution in [0.5, 0.6) is 5.75 Å². The van der Waals surface area contributed by atoms with Gasteiger partial charge < -0.3 is 14.5 Å². The molecule has 1 amide bonds. The van der Waals surface area contributed by atoms with Crippen molar-refractivity contribution in [1.29, 1.82) is 0 Å². The van der Waals surface area contributed by atoms with Gasteiger partial charge in [0.25, 0.3) is 5.91 Å². The van der Waals surface area contributed by atoms with Crippen molar-refractivity contribution in [1.82, 2.24) is 4.90 Å². The van der Waals surface area contributed by atoms with Gasteiger partial charge in [0.2, 0.25) is 6.10 Å². The van der Waals surface area contributed by atoms with Gasteiger partial charge in [-0.15, -0.1) is 0 Å². The fraction of sp³-hybridized carbons (Fsp3) is 0.435. The minimum Gasteiger partial charge on any atom is -0.474 e. The molecular formula is C23H30N2O2. The molecule has 0 fully saturated rings. The van der Waals surface area contributed by atoms with E-state index in [4.69, 9.17) is 4.74 Å². The van der Waals surface area contributed by atoms with Gasteiger partial charge in [-0.05, 0) is 44.6 Å². The number of benzene rings is 2. The van der Waals surface area contributed by atoms with E-state index in [-0.39, 0.29) is 5.91 Å². The van der Waals surface area contributed by atoms with Crippen LogP contribution in [0.2, 0.25) is 0 Å². The molecule has 2 aromatic carbocycles. The lowest BCUT2D eigenvalue weighted by Gasteiger charge is -2.34. The van der Waals surface area contributed by atoms with Crippen molar-refractivity contribution in [2.75, 3.05) is 31.1 Å². The van der Waals surface area contributed by atoms with Crippen molar-refractivity contribution in [3.63, 3.8) is 0 Å². The summed E-state index contributed by atoms with van der Waals surface area (Å²) in [6.45, 7) is 8.48. The molecule has 0 saturated heterocycles. The smallest absolute Gasteiger partial charge is 0.272 e. The Kier molecular flexibility index (Phi) is 6.88. The summed E-state index contributed by atoms with van der Waals surface area (Å²) in [6.07, 6.45) is 2.74. The summed E-state index contributed by atoms with van der Waals surface area (Å²) in [5.41, 5.74) is 1.79. The van der Waals surface area contributed by atoms with Crippen LogP contribution < -0.4 is 9.64 Å². The number of nitrogens with zero attached hydrogens (tertiary/aromatic N) is 2. The highest BCUT2D eigenvalue weighted by molar-refractivity contribution is 6.00. The average molecular weight is 367 g/mol. The van der Waals surface area contributed by atoms with Crippen LogP contribution in [0.1, 0.15) is 44.8 Å². The summed E-state index contributed by atoms with van der Waals surface area (Å²) < 4.78 is 6.05. The van der Waals surface area contributed by atoms with Crippen LogP contribution in [-0.2, 0) is 4.79 Å². The van der Waals surface area contributed by atoms with Gasteiger partial charge in [0.15, 0.2) is 0 Å². The fourth-order valence-corrected chi connectivity index (χ4v) is 3.61. The first kappa shape index (κ1) is 19.4. The number of ether oxygens (including phenoxy) is 1. The second-order valence-electron chi connectivity index (χ2n) is 6.95. The summed E-state index contributed by atoms with van der Waals surface area (Å²) in [5.74, 6) is 0.817. The van der Waals surface area contributed by atoms with E-state index in [1.807, 2.05) is 59.5 Å². The number of carbonyl (C=O) groups is 1. The highest BCUT2D eigenvalue weighted by Gasteiger charge is 2.34. The Hall–Kier alpha value is -2.33. The number of unbranched alkanes of at least 4 members (excludes halogenated alkanes) is 2. The number of anilines is 1. The van der Waals surface area contributed by atoms with E-state index in [1.165, 1.54) is 6.42 Å². The molecule has 3 rings (SSSR count). The topological polar surface area (TPSA) is 32.8 Å². The highest BCUT2D eigenvalue weighted by atomic mass is 16.5. The zero-order valence-electron chi connectivity index (χ0n) is 16.4. The maximum absolute atomic E-state index is 13.1. The number of fused-ring (bicyclic) bond motifs is 1. The predicted molar refractivity (Wildman–Crippen MR) is 110 cm³/mol. The third kappa shape index (κ3) is 4.69. The molecule has 1 aliphatic heterocycles. The second kappa shape index (κ2) is 9.56. The largest absolute Gasteiger partial charge is 0.474 e. The summed E-state index contributed by atoms with van der Waals surface area (Å²) in [6, 6.07) is 17.6. The van der Waals surface area contributed by atoms with Crippen molar-refractivity contribution >= 4 is 11.6 Å². The van der Waals surface area contributed by atoms with Gasteiger partial charge in [0.05, 0.1) is 5.69 Å². The Balaban J connectivity index is 1.66. The maximum atomic E-state index is 13.1. The predicted octanol–water partition coefficient (Wildman–Crippen LogP) is 4.67. The Morgan fingerprint density at radius 2 is 1.63 bits per heavy atom. The van der Waals surface area contributed by atoms with Crippen molar-refractivity contribution in [2.24, 2.45) is 0 Å². The molecule has 0 aromatic heterocycles. The number of carbonyl (C=O) groups excluding carboxylic acids is 1. The van der Waals surface area contributed by atoms with E-state index in [0.29, 0.717) is 0 Å². The molecular weight excluding hydrogens is 336 g/mol. The minimum atomic E-state index is -0.559. The Labute approximate surface area is 162 Å². The molecule has 1 aliphatic rings. The number of hydrogen-bond acceptors (Lipinski definition) is 3. The number of para-hydroxylation sites is 2. The normalized spacial score (nSPS) is 16.3. The van der Waals surface area contributed by atoms with Gasteiger partial charge >= 0.3 is 0 Å². The van der Waals surface area contributed by atoms with E-state index in [1.54, 1.807) is 0 Å². The Morgan fingerprint density at radius 3 is 2.37 bits per heavy atom. The molecule has 1 heterocycles. The standard InChI is InChI=1S/C23H30N2O2/c1-3-24(4-2)17-11-6-12-18-25-20-15-9-10-16-21(20)27-22(23(25)26)19-13-7-5-8-14-19/h5,7-10,13-16,22H,3-4,6,11-12,17-18H2,1-2H3. The molecule has 1 atom stereocenters. The van der Waals surface area contributed by atoms with Crippen LogP contribution >= 0.6 is 0 Å². The van der Waals surface area contributed by atoms with Crippen molar-refractivity contribution in [3.05, 3.63) is 60.2 Å². The molecule has 4 heteroatoms. The molecule has 0 spiro atoms. The molecule has 27 heavy (non-hydrogen) atoms. The van der Waals surface area contributed by atoms with E-state index in [9.17, 15) is 4.79 Å². The Morgan fingerprint density at radius 1 is 0.926 bits per heavy atom. The van der Waals surface area contributed by atoms with Crippen LogP contribution in [0.4, 0.5) is 5.69 Å².